The molecule has 96 valence electrons. The molecule has 0 unspecified atom stereocenters. The first kappa shape index (κ1) is 13.9. The number of hydrogen-bond acceptors (Lipinski definition) is 3. The van der Waals surface area contributed by atoms with Crippen molar-refractivity contribution in [2.75, 3.05) is 13.2 Å². The highest BCUT2D eigenvalue weighted by molar-refractivity contribution is 5.93. The van der Waals surface area contributed by atoms with E-state index >= 15 is 0 Å². The van der Waals surface area contributed by atoms with E-state index < -0.39 is 11.8 Å². The molecule has 0 radical (unpaired) electrons. The van der Waals surface area contributed by atoms with Crippen LogP contribution in [-0.4, -0.2) is 25.0 Å². The molecular formula is C13H16N2O3. The van der Waals surface area contributed by atoms with Gasteiger partial charge in [0.2, 0.25) is 0 Å². The van der Waals surface area contributed by atoms with Crippen molar-refractivity contribution in [2.24, 2.45) is 0 Å². The van der Waals surface area contributed by atoms with Crippen molar-refractivity contribution in [3.8, 4) is 0 Å². The predicted octanol–water partition coefficient (Wildman–Crippen LogP) is 0.884. The van der Waals surface area contributed by atoms with Crippen LogP contribution in [0.25, 0.3) is 6.08 Å². The van der Waals surface area contributed by atoms with Crippen molar-refractivity contribution in [1.29, 1.82) is 0 Å². The van der Waals surface area contributed by atoms with E-state index in [1.807, 2.05) is 30.3 Å². The number of carbonyl (C=O) groups excluding carboxylic acids is 2. The van der Waals surface area contributed by atoms with Crippen LogP contribution in [0.15, 0.2) is 36.4 Å². The third-order valence-corrected chi connectivity index (χ3v) is 1.99. The van der Waals surface area contributed by atoms with Gasteiger partial charge in [0.05, 0.1) is 0 Å². The van der Waals surface area contributed by atoms with E-state index in [1.54, 1.807) is 13.0 Å². The number of amides is 2. The van der Waals surface area contributed by atoms with Gasteiger partial charge in [0.1, 0.15) is 6.61 Å². The minimum Gasteiger partial charge on any atom is -0.372 e. The van der Waals surface area contributed by atoms with Gasteiger partial charge in [-0.2, -0.15) is 0 Å². The fourth-order valence-electron chi connectivity index (χ4n) is 1.14. The largest absolute Gasteiger partial charge is 0.372 e. The molecule has 0 aliphatic carbocycles. The Kier molecular flexibility index (Phi) is 6.21. The summed E-state index contributed by atoms with van der Waals surface area (Å²) in [5.41, 5.74) is 5.41. The lowest BCUT2D eigenvalue weighted by Crippen LogP contribution is -2.42. The standard InChI is InChI=1S/C13H16N2O3/c1-2-18-10-13(17)15-14-12(16)9-8-11-6-4-3-5-7-11/h3-9H,2,10H2,1H3,(H,14,16)(H,15,17)/b9-8+. The van der Waals surface area contributed by atoms with Crippen LogP contribution < -0.4 is 10.9 Å². The van der Waals surface area contributed by atoms with Crippen LogP contribution in [0.4, 0.5) is 0 Å². The monoisotopic (exact) mass is 248 g/mol. The zero-order chi connectivity index (χ0) is 13.2. The summed E-state index contributed by atoms with van der Waals surface area (Å²) in [4.78, 5) is 22.4. The van der Waals surface area contributed by atoms with E-state index in [1.165, 1.54) is 6.08 Å². The van der Waals surface area contributed by atoms with Gasteiger partial charge in [-0.15, -0.1) is 0 Å². The molecule has 18 heavy (non-hydrogen) atoms. The lowest BCUT2D eigenvalue weighted by Gasteiger charge is -2.04. The third-order valence-electron chi connectivity index (χ3n) is 1.99. The molecule has 0 spiro atoms. The molecule has 0 saturated heterocycles. The van der Waals surface area contributed by atoms with Gasteiger partial charge in [-0.1, -0.05) is 30.3 Å². The van der Waals surface area contributed by atoms with Gasteiger partial charge in [0.25, 0.3) is 11.8 Å². The Balaban J connectivity index is 2.30. The second-order valence-electron chi connectivity index (χ2n) is 3.42. The minimum atomic E-state index is -0.399. The van der Waals surface area contributed by atoms with Gasteiger partial charge >= 0.3 is 0 Å². The van der Waals surface area contributed by atoms with Gasteiger partial charge in [0.15, 0.2) is 0 Å². The highest BCUT2D eigenvalue weighted by Gasteiger charge is 2.01. The van der Waals surface area contributed by atoms with Crippen molar-refractivity contribution >= 4 is 17.9 Å². The van der Waals surface area contributed by atoms with Crippen molar-refractivity contribution in [2.45, 2.75) is 6.92 Å². The van der Waals surface area contributed by atoms with Gasteiger partial charge in [-0.25, -0.2) is 0 Å². The Morgan fingerprint density at radius 2 is 1.94 bits per heavy atom. The second-order valence-corrected chi connectivity index (χ2v) is 3.42. The van der Waals surface area contributed by atoms with Gasteiger partial charge < -0.3 is 4.74 Å². The maximum absolute atomic E-state index is 11.3. The first-order valence-corrected chi connectivity index (χ1v) is 5.62. The second kappa shape index (κ2) is 8.03. The van der Waals surface area contributed by atoms with Gasteiger partial charge in [-0.3, -0.25) is 20.4 Å². The smallest absolute Gasteiger partial charge is 0.264 e. The zero-order valence-corrected chi connectivity index (χ0v) is 10.2. The molecule has 0 saturated carbocycles. The highest BCUT2D eigenvalue weighted by Crippen LogP contribution is 2.00. The molecule has 0 heterocycles. The van der Waals surface area contributed by atoms with Gasteiger partial charge in [0, 0.05) is 12.7 Å². The van der Waals surface area contributed by atoms with E-state index in [0.717, 1.165) is 5.56 Å². The number of hydrazine groups is 1. The molecule has 2 N–H and O–H groups in total. The lowest BCUT2D eigenvalue weighted by atomic mass is 10.2. The summed E-state index contributed by atoms with van der Waals surface area (Å²) < 4.78 is 4.88. The highest BCUT2D eigenvalue weighted by atomic mass is 16.5. The summed E-state index contributed by atoms with van der Waals surface area (Å²) >= 11 is 0. The average molecular weight is 248 g/mol. The number of rotatable bonds is 5. The Morgan fingerprint density at radius 3 is 2.61 bits per heavy atom. The number of carbonyl (C=O) groups is 2. The minimum absolute atomic E-state index is 0.0703. The van der Waals surface area contributed by atoms with E-state index in [4.69, 9.17) is 4.74 Å². The molecular weight excluding hydrogens is 232 g/mol. The summed E-state index contributed by atoms with van der Waals surface area (Å²) in [7, 11) is 0. The van der Waals surface area contributed by atoms with Crippen LogP contribution in [0.1, 0.15) is 12.5 Å². The Morgan fingerprint density at radius 1 is 1.22 bits per heavy atom. The third kappa shape index (κ3) is 5.81. The maximum Gasteiger partial charge on any atom is 0.264 e. The van der Waals surface area contributed by atoms with E-state index in [9.17, 15) is 9.59 Å². The molecule has 0 fully saturated rings. The van der Waals surface area contributed by atoms with Crippen LogP contribution >= 0.6 is 0 Å². The molecule has 1 rings (SSSR count). The van der Waals surface area contributed by atoms with Crippen molar-refractivity contribution in [1.82, 2.24) is 10.9 Å². The van der Waals surface area contributed by atoms with Crippen LogP contribution in [0.2, 0.25) is 0 Å². The molecule has 0 aliphatic rings. The summed E-state index contributed by atoms with van der Waals surface area (Å²) in [6, 6.07) is 9.39. The molecule has 5 nitrogen and oxygen atoms in total. The fraction of sp³-hybridized carbons (Fsp3) is 0.231. The van der Waals surface area contributed by atoms with Gasteiger partial charge in [-0.05, 0) is 18.6 Å². The number of hydrogen-bond donors (Lipinski definition) is 2. The van der Waals surface area contributed by atoms with Crippen LogP contribution in [0.5, 0.6) is 0 Å². The van der Waals surface area contributed by atoms with Crippen molar-refractivity contribution in [3.05, 3.63) is 42.0 Å². The fourth-order valence-corrected chi connectivity index (χ4v) is 1.14. The molecule has 0 atom stereocenters. The molecule has 1 aromatic carbocycles. The first-order valence-electron chi connectivity index (χ1n) is 5.62. The van der Waals surface area contributed by atoms with Crippen LogP contribution in [0, 0.1) is 0 Å². The van der Waals surface area contributed by atoms with Crippen molar-refractivity contribution in [3.63, 3.8) is 0 Å². The van der Waals surface area contributed by atoms with E-state index in [0.29, 0.717) is 6.61 Å². The number of benzene rings is 1. The number of nitrogens with one attached hydrogen (secondary N) is 2. The number of ether oxygens (including phenoxy) is 1. The molecule has 0 aromatic heterocycles. The SMILES string of the molecule is CCOCC(=O)NNC(=O)/C=C/c1ccccc1. The average Bonchev–Trinajstić information content (AvgIpc) is 2.41. The van der Waals surface area contributed by atoms with Crippen LogP contribution in [-0.2, 0) is 14.3 Å². The summed E-state index contributed by atoms with van der Waals surface area (Å²) in [6.07, 6.45) is 3.00. The Labute approximate surface area is 106 Å². The normalized spacial score (nSPS) is 10.3. The molecule has 2 amide bonds. The zero-order valence-electron chi connectivity index (χ0n) is 10.2. The summed E-state index contributed by atoms with van der Waals surface area (Å²) in [5.74, 6) is -0.790. The van der Waals surface area contributed by atoms with E-state index in [2.05, 4.69) is 10.9 Å². The Hall–Kier alpha value is -2.14. The van der Waals surface area contributed by atoms with Crippen molar-refractivity contribution < 1.29 is 14.3 Å². The predicted molar refractivity (Wildman–Crippen MR) is 68.3 cm³/mol. The maximum atomic E-state index is 11.3. The molecule has 0 bridgehead atoms. The topological polar surface area (TPSA) is 67.4 Å². The first-order chi connectivity index (χ1) is 8.72. The quantitative estimate of drug-likeness (QED) is 0.600. The molecule has 0 aliphatic heterocycles. The molecule has 1 aromatic rings. The van der Waals surface area contributed by atoms with E-state index in [-0.39, 0.29) is 6.61 Å². The summed E-state index contributed by atoms with van der Waals surface area (Å²) in [5, 5.41) is 0. The summed E-state index contributed by atoms with van der Waals surface area (Å²) in [6.45, 7) is 2.17. The molecule has 5 heteroatoms. The van der Waals surface area contributed by atoms with Crippen LogP contribution in [0.3, 0.4) is 0 Å². The Bertz CT molecular complexity index is 416. The lowest BCUT2D eigenvalue weighted by molar-refractivity contribution is -0.129.